The van der Waals surface area contributed by atoms with Crippen LogP contribution in [0.3, 0.4) is 0 Å². The van der Waals surface area contributed by atoms with Gasteiger partial charge in [0.2, 0.25) is 0 Å². The predicted molar refractivity (Wildman–Crippen MR) is 189 cm³/mol. The molecule has 10 rings (SSSR count). The first-order valence-corrected chi connectivity index (χ1v) is 15.5. The molecule has 0 fully saturated rings. The third kappa shape index (κ3) is 3.77. The number of aryl methyl sites for hydroxylation is 1. The maximum atomic E-state index is 6.31. The lowest BCUT2D eigenvalue weighted by atomic mass is 9.97. The molecule has 216 valence electrons. The highest BCUT2D eigenvalue weighted by Gasteiger charge is 2.15. The highest BCUT2D eigenvalue weighted by atomic mass is 16.3. The van der Waals surface area contributed by atoms with Crippen LogP contribution in [0.15, 0.2) is 148 Å². The van der Waals surface area contributed by atoms with Crippen LogP contribution in [0.2, 0.25) is 0 Å². The molecule has 0 aliphatic rings. The summed E-state index contributed by atoms with van der Waals surface area (Å²) in [5.41, 5.74) is 11.5. The van der Waals surface area contributed by atoms with Crippen molar-refractivity contribution in [3.05, 3.63) is 145 Å². The second kappa shape index (κ2) is 9.43. The smallest absolute Gasteiger partial charge is 0.136 e. The molecule has 4 nitrogen and oxygen atoms in total. The lowest BCUT2D eigenvalue weighted by Crippen LogP contribution is -1.97. The molecular weight excluding hydrogens is 564 g/mol. The van der Waals surface area contributed by atoms with E-state index in [0.717, 1.165) is 72.0 Å². The highest BCUT2D eigenvalue weighted by molar-refractivity contribution is 6.15. The minimum atomic E-state index is 0.873. The van der Waals surface area contributed by atoms with Gasteiger partial charge in [-0.05, 0) is 107 Å². The monoisotopic (exact) mass is 590 g/mol. The standard InChI is InChI=1S/C42H26N2O2/c1-25-43-37-10-3-4-11-38(37)44(25)32-8-6-7-26(21-32)27-13-14-29-20-30(16-15-28(29)19-27)31-17-18-40-34(22-31)36-24-41-35(23-42(36)46-40)33-9-2-5-12-39(33)45-41/h2-24H,1H3. The van der Waals surface area contributed by atoms with E-state index in [0.29, 0.717) is 0 Å². The van der Waals surface area contributed by atoms with Crippen LogP contribution in [-0.2, 0) is 0 Å². The average Bonchev–Trinajstić information content (AvgIpc) is 3.76. The normalized spacial score (nSPS) is 12.0. The van der Waals surface area contributed by atoms with Crippen molar-refractivity contribution in [2.24, 2.45) is 0 Å². The van der Waals surface area contributed by atoms with Crippen LogP contribution in [-0.4, -0.2) is 9.55 Å². The molecular formula is C42H26N2O2. The average molecular weight is 591 g/mol. The number of para-hydroxylation sites is 3. The fourth-order valence-corrected chi connectivity index (χ4v) is 7.08. The summed E-state index contributed by atoms with van der Waals surface area (Å²) in [4.78, 5) is 4.77. The first-order valence-electron chi connectivity index (χ1n) is 15.5. The number of hydrogen-bond acceptors (Lipinski definition) is 3. The number of benzene rings is 7. The Hall–Kier alpha value is -6.13. The Labute approximate surface area is 263 Å². The van der Waals surface area contributed by atoms with Crippen LogP contribution in [0.25, 0.3) is 93.6 Å². The fourth-order valence-electron chi connectivity index (χ4n) is 7.08. The van der Waals surface area contributed by atoms with Gasteiger partial charge in [-0.2, -0.15) is 0 Å². The Balaban J connectivity index is 1.03. The quantitative estimate of drug-likeness (QED) is 0.206. The number of aromatic nitrogens is 2. The minimum Gasteiger partial charge on any atom is -0.456 e. The van der Waals surface area contributed by atoms with Crippen LogP contribution < -0.4 is 0 Å². The van der Waals surface area contributed by atoms with E-state index in [2.05, 4.69) is 127 Å². The van der Waals surface area contributed by atoms with Crippen LogP contribution in [0.4, 0.5) is 0 Å². The van der Waals surface area contributed by atoms with Gasteiger partial charge in [0.05, 0.1) is 11.0 Å². The molecule has 0 bridgehead atoms. The zero-order valence-corrected chi connectivity index (χ0v) is 25.0. The number of furan rings is 2. The van der Waals surface area contributed by atoms with Gasteiger partial charge in [-0.25, -0.2) is 4.98 Å². The largest absolute Gasteiger partial charge is 0.456 e. The van der Waals surface area contributed by atoms with Gasteiger partial charge in [-0.15, -0.1) is 0 Å². The Bertz CT molecular complexity index is 2830. The lowest BCUT2D eigenvalue weighted by molar-refractivity contribution is 0.664. The van der Waals surface area contributed by atoms with Crippen LogP contribution in [0, 0.1) is 6.92 Å². The van der Waals surface area contributed by atoms with Gasteiger partial charge in [0, 0.05) is 27.2 Å². The summed E-state index contributed by atoms with van der Waals surface area (Å²) >= 11 is 0. The molecule has 7 aromatic carbocycles. The molecule has 0 atom stereocenters. The second-order valence-corrected chi connectivity index (χ2v) is 12.1. The lowest BCUT2D eigenvalue weighted by Gasteiger charge is -2.11. The molecule has 0 unspecified atom stereocenters. The van der Waals surface area contributed by atoms with Crippen LogP contribution >= 0.6 is 0 Å². The number of hydrogen-bond donors (Lipinski definition) is 0. The maximum Gasteiger partial charge on any atom is 0.136 e. The van der Waals surface area contributed by atoms with Crippen molar-refractivity contribution in [1.82, 2.24) is 9.55 Å². The van der Waals surface area contributed by atoms with Gasteiger partial charge in [0.25, 0.3) is 0 Å². The summed E-state index contributed by atoms with van der Waals surface area (Å²) in [5.74, 6) is 0.980. The summed E-state index contributed by atoms with van der Waals surface area (Å²) < 4.78 is 14.7. The number of rotatable bonds is 3. The van der Waals surface area contributed by atoms with Crippen molar-refractivity contribution in [3.63, 3.8) is 0 Å². The van der Waals surface area contributed by atoms with Gasteiger partial charge in [-0.3, -0.25) is 4.57 Å². The molecule has 0 spiro atoms. The fraction of sp³-hybridized carbons (Fsp3) is 0.0238. The number of fused-ring (bicyclic) bond motifs is 8. The molecule has 0 saturated carbocycles. The van der Waals surface area contributed by atoms with Crippen molar-refractivity contribution in [1.29, 1.82) is 0 Å². The molecule has 10 aromatic rings. The van der Waals surface area contributed by atoms with Crippen LogP contribution in [0.5, 0.6) is 0 Å². The van der Waals surface area contributed by atoms with Gasteiger partial charge >= 0.3 is 0 Å². The van der Waals surface area contributed by atoms with E-state index in [-0.39, 0.29) is 0 Å². The molecule has 0 aliphatic heterocycles. The Morgan fingerprint density at radius 1 is 0.457 bits per heavy atom. The van der Waals surface area contributed by atoms with E-state index in [1.807, 2.05) is 24.3 Å². The predicted octanol–water partition coefficient (Wildman–Crippen LogP) is 11.6. The van der Waals surface area contributed by atoms with Crippen molar-refractivity contribution < 1.29 is 8.83 Å². The first-order chi connectivity index (χ1) is 22.7. The van der Waals surface area contributed by atoms with Gasteiger partial charge in [0.15, 0.2) is 0 Å². The third-order valence-electron chi connectivity index (χ3n) is 9.31. The third-order valence-corrected chi connectivity index (χ3v) is 9.31. The van der Waals surface area contributed by atoms with Crippen molar-refractivity contribution in [3.8, 4) is 27.9 Å². The molecule has 0 saturated heterocycles. The van der Waals surface area contributed by atoms with Gasteiger partial charge in [0.1, 0.15) is 28.2 Å². The number of nitrogens with zero attached hydrogens (tertiary/aromatic N) is 2. The van der Waals surface area contributed by atoms with E-state index in [1.165, 1.54) is 27.5 Å². The van der Waals surface area contributed by atoms with E-state index in [1.54, 1.807) is 0 Å². The van der Waals surface area contributed by atoms with E-state index in [9.17, 15) is 0 Å². The zero-order valence-electron chi connectivity index (χ0n) is 25.0. The van der Waals surface area contributed by atoms with Gasteiger partial charge < -0.3 is 8.83 Å². The van der Waals surface area contributed by atoms with Gasteiger partial charge in [-0.1, -0.05) is 72.8 Å². The van der Waals surface area contributed by atoms with E-state index in [4.69, 9.17) is 13.8 Å². The van der Waals surface area contributed by atoms with Crippen LogP contribution in [0.1, 0.15) is 5.82 Å². The molecule has 0 radical (unpaired) electrons. The highest BCUT2D eigenvalue weighted by Crippen LogP contribution is 2.38. The maximum absolute atomic E-state index is 6.31. The van der Waals surface area contributed by atoms with Crippen molar-refractivity contribution in [2.75, 3.05) is 0 Å². The summed E-state index contributed by atoms with van der Waals surface area (Å²) in [6.07, 6.45) is 0. The second-order valence-electron chi connectivity index (χ2n) is 12.1. The summed E-state index contributed by atoms with van der Waals surface area (Å²) in [5, 5.41) is 6.75. The Kier molecular flexibility index (Phi) is 5.17. The Morgan fingerprint density at radius 2 is 1.07 bits per heavy atom. The molecule has 0 amide bonds. The van der Waals surface area contributed by atoms with Crippen molar-refractivity contribution in [2.45, 2.75) is 6.92 Å². The molecule has 3 heterocycles. The molecule has 4 heteroatoms. The molecule has 0 N–H and O–H groups in total. The van der Waals surface area contributed by atoms with Crippen molar-refractivity contribution >= 4 is 65.7 Å². The molecule has 46 heavy (non-hydrogen) atoms. The Morgan fingerprint density at radius 3 is 1.87 bits per heavy atom. The summed E-state index contributed by atoms with van der Waals surface area (Å²) in [6, 6.07) is 49.3. The number of imidazole rings is 1. The summed E-state index contributed by atoms with van der Waals surface area (Å²) in [6.45, 7) is 2.06. The van der Waals surface area contributed by atoms with E-state index < -0.39 is 0 Å². The molecule has 0 aliphatic carbocycles. The topological polar surface area (TPSA) is 44.1 Å². The van der Waals surface area contributed by atoms with E-state index >= 15 is 0 Å². The minimum absolute atomic E-state index is 0.873. The summed E-state index contributed by atoms with van der Waals surface area (Å²) in [7, 11) is 0. The first kappa shape index (κ1) is 25.2. The SMILES string of the molecule is Cc1nc2ccccc2n1-c1cccc(-c2ccc3cc(-c4ccc5oc6cc7c(cc6c5c4)oc4ccccc47)ccc3c2)c1. The molecule has 3 aromatic heterocycles. The zero-order chi connectivity index (χ0) is 30.4.